The molecule has 1 aromatic heterocycles. The normalized spacial score (nSPS) is 29.3. The van der Waals surface area contributed by atoms with Gasteiger partial charge in [-0.25, -0.2) is 9.98 Å². The molecule has 6 nitrogen and oxygen atoms in total. The number of hydrogen-bond acceptors (Lipinski definition) is 5. The Morgan fingerprint density at radius 3 is 2.56 bits per heavy atom. The molecule has 1 atom stereocenters. The average molecular weight is 565 g/mol. The maximum Gasteiger partial charge on any atom is 0.262 e. The van der Waals surface area contributed by atoms with Crippen molar-refractivity contribution < 1.29 is 7.86 Å². The number of carbonyl (C=O) groups is 1. The van der Waals surface area contributed by atoms with Crippen LogP contribution in [0.15, 0.2) is 41.5 Å². The van der Waals surface area contributed by atoms with Crippen LogP contribution in [0.5, 0.6) is 0 Å². The number of fused-ring (bicyclic) bond motifs is 3. The molecule has 168 valence electrons. The van der Waals surface area contributed by atoms with Crippen molar-refractivity contribution in [3.63, 3.8) is 0 Å². The number of guanidine groups is 1. The van der Waals surface area contributed by atoms with Crippen molar-refractivity contribution in [3.05, 3.63) is 52.8 Å². The van der Waals surface area contributed by atoms with Gasteiger partial charge < -0.3 is 8.80 Å². The van der Waals surface area contributed by atoms with E-state index >= 15 is 0 Å². The van der Waals surface area contributed by atoms with Crippen molar-refractivity contribution in [1.82, 2.24) is 9.88 Å². The van der Waals surface area contributed by atoms with Crippen LogP contribution < -0.4 is 5.73 Å². The minimum atomic E-state index is -0.986. The van der Waals surface area contributed by atoms with Crippen molar-refractivity contribution in [2.45, 2.75) is 63.6 Å². The smallest absolute Gasteiger partial charge is 0.262 e. The van der Waals surface area contributed by atoms with E-state index in [1.54, 1.807) is 11.1 Å². The Bertz CT molecular complexity index is 1110. The summed E-state index contributed by atoms with van der Waals surface area (Å²) in [6.07, 6.45) is 6.31. The molecular formula is C24H26ClIN4O2. The van der Waals surface area contributed by atoms with Crippen LogP contribution >= 0.6 is 34.6 Å². The largest absolute Gasteiger partial charge is 0.369 e. The third kappa shape index (κ3) is 3.11. The van der Waals surface area contributed by atoms with Crippen LogP contribution in [0.2, 0.25) is 5.15 Å². The van der Waals surface area contributed by atoms with Crippen LogP contribution in [-0.4, -0.2) is 33.9 Å². The topological polar surface area (TPSA) is 80.8 Å². The molecule has 32 heavy (non-hydrogen) atoms. The van der Waals surface area contributed by atoms with Gasteiger partial charge in [-0.1, -0.05) is 23.7 Å². The van der Waals surface area contributed by atoms with Gasteiger partial charge in [-0.2, -0.15) is 0 Å². The summed E-state index contributed by atoms with van der Waals surface area (Å²) < 4.78 is 5.61. The number of carbonyl (C=O) groups excluding carboxylic acids is 1. The molecule has 0 saturated heterocycles. The van der Waals surface area contributed by atoms with Gasteiger partial charge in [-0.3, -0.25) is 9.69 Å². The Balaban J connectivity index is 1.68. The molecule has 1 aromatic carbocycles. The second kappa shape index (κ2) is 7.95. The first-order valence-corrected chi connectivity index (χ1v) is 12.3. The minimum Gasteiger partial charge on any atom is -0.369 e. The molecule has 2 aliphatic carbocycles. The van der Waals surface area contributed by atoms with Crippen LogP contribution in [0.4, 0.5) is 0 Å². The highest BCUT2D eigenvalue weighted by atomic mass is 127. The Hall–Kier alpha value is -1.71. The van der Waals surface area contributed by atoms with E-state index in [0.29, 0.717) is 11.1 Å². The van der Waals surface area contributed by atoms with E-state index in [9.17, 15) is 4.79 Å². The molecule has 0 radical (unpaired) electrons. The van der Waals surface area contributed by atoms with Crippen molar-refractivity contribution in [2.24, 2.45) is 16.1 Å². The lowest BCUT2D eigenvalue weighted by Gasteiger charge is -2.45. The van der Waals surface area contributed by atoms with Gasteiger partial charge in [0.15, 0.2) is 11.5 Å². The third-order valence-corrected chi connectivity index (χ3v) is 8.37. The number of hydrogen-bond donors (Lipinski definition) is 1. The molecule has 1 fully saturated rings. The zero-order valence-electron chi connectivity index (χ0n) is 18.1. The van der Waals surface area contributed by atoms with E-state index in [1.165, 1.54) is 5.56 Å². The Kier molecular flexibility index (Phi) is 5.49. The van der Waals surface area contributed by atoms with Crippen LogP contribution in [0.1, 0.15) is 50.7 Å². The van der Waals surface area contributed by atoms with Crippen molar-refractivity contribution >= 4 is 46.5 Å². The Labute approximate surface area is 207 Å². The van der Waals surface area contributed by atoms with Crippen LogP contribution in [-0.2, 0) is 19.8 Å². The summed E-state index contributed by atoms with van der Waals surface area (Å²) in [5.41, 5.74) is 9.24. The number of nitrogens with two attached hydrogens (primary N) is 1. The summed E-state index contributed by atoms with van der Waals surface area (Å²) in [7, 11) is 0. The van der Waals surface area contributed by atoms with Gasteiger partial charge in [0, 0.05) is 17.7 Å². The summed E-state index contributed by atoms with van der Waals surface area (Å²) in [6.45, 7) is 3.97. The van der Waals surface area contributed by atoms with E-state index in [-0.39, 0.29) is 23.5 Å². The Morgan fingerprint density at radius 1 is 1.22 bits per heavy atom. The van der Waals surface area contributed by atoms with E-state index < -0.39 is 5.54 Å². The molecule has 0 bridgehead atoms. The number of rotatable bonds is 3. The average Bonchev–Trinajstić information content (AvgIpc) is 3.20. The van der Waals surface area contributed by atoms with Crippen LogP contribution in [0.3, 0.4) is 0 Å². The molecule has 5 rings (SSSR count). The molecule has 1 unspecified atom stereocenters. The lowest BCUT2D eigenvalue weighted by atomic mass is 9.61. The summed E-state index contributed by atoms with van der Waals surface area (Å²) in [5.74, 6) is 0.323. The molecule has 2 aromatic rings. The fourth-order valence-corrected chi connectivity index (χ4v) is 6.63. The van der Waals surface area contributed by atoms with Crippen molar-refractivity contribution in [2.75, 3.05) is 0 Å². The number of benzene rings is 1. The first-order valence-electron chi connectivity index (χ1n) is 11.0. The quantitative estimate of drug-likeness (QED) is 0.420. The molecule has 1 aliphatic heterocycles. The lowest BCUT2D eigenvalue weighted by Crippen LogP contribution is -2.53. The van der Waals surface area contributed by atoms with E-state index in [4.69, 9.17) is 25.4 Å². The molecule has 1 amide bonds. The third-order valence-electron chi connectivity index (χ3n) is 7.45. The number of aliphatic imine (C=N–C) groups is 1. The first kappa shape index (κ1) is 22.1. The van der Waals surface area contributed by atoms with Crippen molar-refractivity contribution in [1.29, 1.82) is 0 Å². The molecule has 8 heteroatoms. The van der Waals surface area contributed by atoms with Crippen molar-refractivity contribution in [3.8, 4) is 11.1 Å². The predicted octanol–water partition coefficient (Wildman–Crippen LogP) is 5.01. The summed E-state index contributed by atoms with van der Waals surface area (Å²) >= 11 is 8.14. The van der Waals surface area contributed by atoms with Gasteiger partial charge >= 0.3 is 0 Å². The fraction of sp³-hybridized carbons (Fsp3) is 0.458. The fourth-order valence-electron chi connectivity index (χ4n) is 5.95. The summed E-state index contributed by atoms with van der Waals surface area (Å²) in [4.78, 5) is 24.9. The highest BCUT2D eigenvalue weighted by Crippen LogP contribution is 2.62. The zero-order chi connectivity index (χ0) is 22.7. The van der Waals surface area contributed by atoms with Gasteiger partial charge in [-0.05, 0) is 86.4 Å². The Morgan fingerprint density at radius 2 is 1.94 bits per heavy atom. The second-order valence-corrected chi connectivity index (χ2v) is 10.3. The second-order valence-electron chi connectivity index (χ2n) is 9.43. The van der Waals surface area contributed by atoms with Gasteiger partial charge in [0.1, 0.15) is 28.2 Å². The van der Waals surface area contributed by atoms with Crippen LogP contribution in [0.25, 0.3) is 11.1 Å². The monoisotopic (exact) mass is 564 g/mol. The maximum absolute atomic E-state index is 14.1. The lowest BCUT2D eigenvalue weighted by molar-refractivity contribution is -0.138. The first-order chi connectivity index (χ1) is 15.3. The molecule has 2 spiro atoms. The SMILES string of the molecule is CC(C)N1C(=O)C2(N=C1N)c1cc(-c3ccnc(Cl)c3)ccc1CC21CCC(OI)CC1. The van der Waals surface area contributed by atoms with Gasteiger partial charge in [-0.15, -0.1) is 0 Å². The van der Waals surface area contributed by atoms with Gasteiger partial charge in [0.05, 0.1) is 6.10 Å². The number of nitrogens with zero attached hydrogens (tertiary/aromatic N) is 3. The molecule has 2 heterocycles. The van der Waals surface area contributed by atoms with E-state index in [1.807, 2.05) is 49.0 Å². The van der Waals surface area contributed by atoms with E-state index in [0.717, 1.165) is 48.8 Å². The van der Waals surface area contributed by atoms with Gasteiger partial charge in [0.25, 0.3) is 5.91 Å². The highest BCUT2D eigenvalue weighted by molar-refractivity contribution is 14.1. The predicted molar refractivity (Wildman–Crippen MR) is 133 cm³/mol. The summed E-state index contributed by atoms with van der Waals surface area (Å²) in [6, 6.07) is 10.1. The number of pyridine rings is 1. The highest BCUT2D eigenvalue weighted by Gasteiger charge is 2.66. The van der Waals surface area contributed by atoms with Crippen LogP contribution in [0, 0.1) is 5.41 Å². The molecule has 1 saturated carbocycles. The molecule has 3 aliphatic rings. The number of amides is 1. The molecular weight excluding hydrogens is 539 g/mol. The maximum atomic E-state index is 14.1. The number of aromatic nitrogens is 1. The standard InChI is InChI=1S/C24H26ClIN4O2/c1-14(2)30-21(31)24(29-22(30)27)19-11-15(16-7-10-28-20(25)12-16)3-4-17(19)13-23(24)8-5-18(32-26)6-9-23/h3-4,7,10-12,14,18H,5-6,8-9,13H2,1-2H3,(H2,27,29). The zero-order valence-corrected chi connectivity index (χ0v) is 21.1. The summed E-state index contributed by atoms with van der Waals surface area (Å²) in [5, 5.41) is 0.441. The van der Waals surface area contributed by atoms with Gasteiger partial charge in [0.2, 0.25) is 0 Å². The minimum absolute atomic E-state index is 0.00232. The number of halogens is 2. The molecule has 2 N–H and O–H groups in total. The van der Waals surface area contributed by atoms with E-state index in [2.05, 4.69) is 23.2 Å².